The molecule has 0 fully saturated rings. The molecule has 0 aromatic heterocycles. The molecule has 0 aliphatic heterocycles. The van der Waals surface area contributed by atoms with Crippen LogP contribution in [0.3, 0.4) is 0 Å². The van der Waals surface area contributed by atoms with Gasteiger partial charge in [-0.15, -0.1) is 0 Å². The first-order chi connectivity index (χ1) is 2.81. The first kappa shape index (κ1) is 6.18. The molecule has 0 radical (unpaired) electrons. The molecule has 0 spiro atoms. The van der Waals surface area contributed by atoms with E-state index in [1.807, 2.05) is 0 Å². The highest BCUT2D eigenvalue weighted by Crippen LogP contribution is 1.72. The molecule has 0 bridgehead atoms. The van der Waals surface area contributed by atoms with Crippen LogP contribution in [-0.2, 0) is 0 Å². The lowest BCUT2D eigenvalue weighted by atomic mass is 10.7. The van der Waals surface area contributed by atoms with Gasteiger partial charge >= 0.3 is 0 Å². The van der Waals surface area contributed by atoms with E-state index in [0.717, 1.165) is 0 Å². The molecule has 0 N–H and O–H groups in total. The zero-order valence-electron chi connectivity index (χ0n) is 4.86. The highest BCUT2D eigenvalue weighted by molar-refractivity contribution is 6.04. The minimum atomic E-state index is 1.22. The molecule has 1 nitrogen and oxygen atoms in total. The number of hydrogen-bond donors (Lipinski definition) is 0. The van der Waals surface area contributed by atoms with E-state index in [0.29, 0.717) is 0 Å². The molecule has 0 saturated carbocycles. The van der Waals surface area contributed by atoms with Crippen molar-refractivity contribution in [3.63, 3.8) is 0 Å². The van der Waals surface area contributed by atoms with E-state index in [1.54, 1.807) is 0 Å². The third kappa shape index (κ3) is 2.42. The lowest BCUT2D eigenvalue weighted by Gasteiger charge is -2.07. The SMILES string of the molecule is CCN([SiH3])CC. The smallest absolute Gasteiger partial charge is 0.0784 e. The largest absolute Gasteiger partial charge is 0.333 e. The van der Waals surface area contributed by atoms with Crippen LogP contribution in [0.5, 0.6) is 0 Å². The predicted octanol–water partition coefficient (Wildman–Crippen LogP) is -0.391. The lowest BCUT2D eigenvalue weighted by Crippen LogP contribution is -2.17. The average Bonchev–Trinajstić information content (AvgIpc) is 1.65. The monoisotopic (exact) mass is 103 g/mol. The van der Waals surface area contributed by atoms with Crippen LogP contribution >= 0.6 is 0 Å². The van der Waals surface area contributed by atoms with Gasteiger partial charge < -0.3 is 4.57 Å². The highest BCUT2D eigenvalue weighted by Gasteiger charge is 1.81. The summed E-state index contributed by atoms with van der Waals surface area (Å²) in [6.45, 7) is 6.83. The second kappa shape index (κ2) is 3.37. The Morgan fingerprint density at radius 2 is 1.67 bits per heavy atom. The first-order valence-electron chi connectivity index (χ1n) is 2.49. The molecule has 38 valence electrons. The van der Waals surface area contributed by atoms with Crippen LogP contribution in [-0.4, -0.2) is 28.1 Å². The molecule has 0 unspecified atom stereocenters. The molecule has 0 saturated heterocycles. The fourth-order valence-corrected chi connectivity index (χ4v) is 0.224. The summed E-state index contributed by atoms with van der Waals surface area (Å²) in [7, 11) is 1.22. The van der Waals surface area contributed by atoms with E-state index >= 15 is 0 Å². The molecule has 0 aliphatic carbocycles. The van der Waals surface area contributed by atoms with Gasteiger partial charge in [0.05, 0.1) is 10.4 Å². The predicted molar refractivity (Wildman–Crippen MR) is 32.9 cm³/mol. The Hall–Kier alpha value is 0.177. The second-order valence-electron chi connectivity index (χ2n) is 1.49. The zero-order valence-corrected chi connectivity index (χ0v) is 6.86. The van der Waals surface area contributed by atoms with E-state index in [4.69, 9.17) is 0 Å². The minimum Gasteiger partial charge on any atom is -0.333 e. The number of nitrogens with zero attached hydrogens (tertiary/aromatic N) is 1. The van der Waals surface area contributed by atoms with Crippen molar-refractivity contribution in [2.75, 3.05) is 13.1 Å². The second-order valence-corrected chi connectivity index (χ2v) is 2.75. The molecule has 0 rings (SSSR count). The summed E-state index contributed by atoms with van der Waals surface area (Å²) in [4.78, 5) is 0. The van der Waals surface area contributed by atoms with Gasteiger partial charge in [-0.25, -0.2) is 0 Å². The lowest BCUT2D eigenvalue weighted by molar-refractivity contribution is 0.505. The first-order valence-corrected chi connectivity index (χ1v) is 3.39. The van der Waals surface area contributed by atoms with Crippen molar-refractivity contribution < 1.29 is 0 Å². The molecule has 0 heterocycles. The van der Waals surface area contributed by atoms with Crippen molar-refractivity contribution in [2.24, 2.45) is 0 Å². The molecule has 0 aromatic rings. The highest BCUT2D eigenvalue weighted by atomic mass is 28.2. The zero-order chi connectivity index (χ0) is 4.99. The van der Waals surface area contributed by atoms with Crippen molar-refractivity contribution in [3.05, 3.63) is 0 Å². The third-order valence-electron chi connectivity index (χ3n) is 1.08. The average molecular weight is 103 g/mol. The van der Waals surface area contributed by atoms with Gasteiger partial charge in [0.2, 0.25) is 0 Å². The van der Waals surface area contributed by atoms with E-state index in [-0.39, 0.29) is 0 Å². The molecule has 0 aliphatic rings. The topological polar surface area (TPSA) is 3.24 Å². The van der Waals surface area contributed by atoms with Crippen LogP contribution in [0.15, 0.2) is 0 Å². The molecular weight excluding hydrogens is 90.1 g/mol. The molecule has 0 amide bonds. The molecule has 0 aromatic carbocycles. The fraction of sp³-hybridized carbons (Fsp3) is 1.00. The number of hydrogen-bond acceptors (Lipinski definition) is 1. The van der Waals surface area contributed by atoms with Crippen LogP contribution < -0.4 is 0 Å². The molecule has 2 heteroatoms. The number of rotatable bonds is 2. The van der Waals surface area contributed by atoms with Gasteiger partial charge in [0, 0.05) is 0 Å². The van der Waals surface area contributed by atoms with Crippen molar-refractivity contribution in [1.82, 2.24) is 4.57 Å². The summed E-state index contributed by atoms with van der Waals surface area (Å²) in [6.07, 6.45) is 0. The Labute approximate surface area is 42.8 Å². The maximum absolute atomic E-state index is 2.39. The summed E-state index contributed by atoms with van der Waals surface area (Å²) in [5, 5.41) is 0. The van der Waals surface area contributed by atoms with E-state index in [9.17, 15) is 0 Å². The molecular formula is C4H13NSi. The van der Waals surface area contributed by atoms with Crippen molar-refractivity contribution in [2.45, 2.75) is 13.8 Å². The Morgan fingerprint density at radius 3 is 1.67 bits per heavy atom. The summed E-state index contributed by atoms with van der Waals surface area (Å²) >= 11 is 0. The Morgan fingerprint density at radius 1 is 1.33 bits per heavy atom. The summed E-state index contributed by atoms with van der Waals surface area (Å²) in [6, 6.07) is 0. The van der Waals surface area contributed by atoms with Crippen molar-refractivity contribution in [3.8, 4) is 0 Å². The van der Waals surface area contributed by atoms with Gasteiger partial charge in [0.25, 0.3) is 0 Å². The van der Waals surface area contributed by atoms with Gasteiger partial charge in [-0.3, -0.25) is 0 Å². The Balaban J connectivity index is 2.75. The maximum atomic E-state index is 2.39. The summed E-state index contributed by atoms with van der Waals surface area (Å²) in [5.74, 6) is 0. The van der Waals surface area contributed by atoms with Crippen LogP contribution in [0.4, 0.5) is 0 Å². The van der Waals surface area contributed by atoms with Gasteiger partial charge in [0.15, 0.2) is 0 Å². The maximum Gasteiger partial charge on any atom is 0.0784 e. The van der Waals surface area contributed by atoms with Gasteiger partial charge in [-0.1, -0.05) is 13.8 Å². The summed E-state index contributed by atoms with van der Waals surface area (Å²) < 4.78 is 2.39. The van der Waals surface area contributed by atoms with Gasteiger partial charge in [0.1, 0.15) is 0 Å². The third-order valence-corrected chi connectivity index (χ3v) is 2.34. The van der Waals surface area contributed by atoms with E-state index in [2.05, 4.69) is 18.4 Å². The van der Waals surface area contributed by atoms with Crippen LogP contribution in [0.2, 0.25) is 0 Å². The Bertz CT molecular complexity index is 26.7. The normalized spacial score (nSPS) is 10.5. The van der Waals surface area contributed by atoms with Crippen LogP contribution in [0, 0.1) is 0 Å². The quantitative estimate of drug-likeness (QED) is 0.430. The van der Waals surface area contributed by atoms with E-state index in [1.165, 1.54) is 23.5 Å². The van der Waals surface area contributed by atoms with Crippen molar-refractivity contribution >= 4 is 10.4 Å². The van der Waals surface area contributed by atoms with Crippen LogP contribution in [0.1, 0.15) is 13.8 Å². The standard InChI is InChI=1S/C4H13NSi/c1-3-5(6)4-2/h3-4H2,1-2,6H3. The molecule has 6 heavy (non-hydrogen) atoms. The Kier molecular flexibility index (Phi) is 3.47. The fourth-order valence-electron chi connectivity index (χ4n) is 0.224. The van der Waals surface area contributed by atoms with Gasteiger partial charge in [-0.2, -0.15) is 0 Å². The summed E-state index contributed by atoms with van der Waals surface area (Å²) in [5.41, 5.74) is 0. The van der Waals surface area contributed by atoms with Gasteiger partial charge in [-0.05, 0) is 13.1 Å². The van der Waals surface area contributed by atoms with Crippen LogP contribution in [0.25, 0.3) is 0 Å². The van der Waals surface area contributed by atoms with E-state index < -0.39 is 0 Å². The molecule has 0 atom stereocenters. The minimum absolute atomic E-state index is 1.22. The van der Waals surface area contributed by atoms with Crippen molar-refractivity contribution in [1.29, 1.82) is 0 Å².